The predicted octanol–water partition coefficient (Wildman–Crippen LogP) is 4.42. The number of H-pyrrole nitrogens is 1. The van der Waals surface area contributed by atoms with Crippen LogP contribution in [0, 0.1) is 0 Å². The number of β-amino-alcohol motifs (C(OH)–C–C–N with tert-alkyl or cyclic N) is 1. The summed E-state index contributed by atoms with van der Waals surface area (Å²) in [5.41, 5.74) is 3.29. The van der Waals surface area contributed by atoms with E-state index in [4.69, 9.17) is 16.3 Å². The van der Waals surface area contributed by atoms with E-state index in [1.807, 2.05) is 4.90 Å². The van der Waals surface area contributed by atoms with Crippen molar-refractivity contribution in [2.24, 2.45) is 0 Å². The highest BCUT2D eigenvalue weighted by molar-refractivity contribution is 6.30. The Morgan fingerprint density at radius 2 is 1.76 bits per heavy atom. The highest BCUT2D eigenvalue weighted by Gasteiger charge is 2.39. The van der Waals surface area contributed by atoms with E-state index in [2.05, 4.69) is 39.2 Å². The first-order valence-electron chi connectivity index (χ1n) is 15.2. The van der Waals surface area contributed by atoms with Crippen molar-refractivity contribution in [1.82, 2.24) is 14.8 Å². The molecule has 3 aliphatic rings. The van der Waals surface area contributed by atoms with E-state index in [1.165, 1.54) is 22.2 Å². The molecule has 3 aliphatic heterocycles. The molecule has 3 saturated heterocycles. The minimum absolute atomic E-state index is 0.0823. The van der Waals surface area contributed by atoms with E-state index in [9.17, 15) is 15.0 Å². The molecule has 224 valence electrons. The van der Waals surface area contributed by atoms with Gasteiger partial charge in [-0.1, -0.05) is 11.6 Å². The van der Waals surface area contributed by atoms with Crippen molar-refractivity contribution in [3.05, 3.63) is 77.1 Å². The lowest BCUT2D eigenvalue weighted by atomic mass is 9.84. The van der Waals surface area contributed by atoms with Crippen LogP contribution in [0.4, 0.5) is 5.69 Å². The average molecular weight is 593 g/mol. The number of benzene rings is 2. The summed E-state index contributed by atoms with van der Waals surface area (Å²) < 4.78 is 5.53. The number of hydrogen-bond donors (Lipinski definition) is 3. The predicted molar refractivity (Wildman–Crippen MR) is 166 cm³/mol. The standard InChI is InChI=1S/C33H41ClN4O4/c34-26-3-1-25(2-4-26)31(39)9-14-36-15-10-33(41,11-16-36)32(40)23-37-12-7-24(8-13-37)29-22-35-30-6-5-27(21-28(29)30)38-17-19-42-20-18-38/h1-6,9,14,21-22,24,32,35,40-41H,7-8,10-13,15-20,23H2. The van der Waals surface area contributed by atoms with Gasteiger partial charge in [0.1, 0.15) is 0 Å². The first-order valence-corrected chi connectivity index (χ1v) is 15.5. The largest absolute Gasteiger partial charge is 0.389 e. The van der Waals surface area contributed by atoms with E-state index >= 15 is 0 Å². The SMILES string of the molecule is O=C(C=CN1CCC(O)(C(O)CN2CCC(c3c[nH]c4ccc(N5CCOCC5)cc34)CC2)CC1)c1ccc(Cl)cc1. The molecule has 6 rings (SSSR count). The van der Waals surface area contributed by atoms with Crippen molar-refractivity contribution in [3.8, 4) is 0 Å². The van der Waals surface area contributed by atoms with Crippen LogP contribution in [0.2, 0.25) is 5.02 Å². The minimum atomic E-state index is -1.12. The number of nitrogens with one attached hydrogen (secondary N) is 1. The first kappa shape index (κ1) is 29.2. The second-order valence-corrected chi connectivity index (χ2v) is 12.4. The van der Waals surface area contributed by atoms with Gasteiger partial charge in [-0.2, -0.15) is 0 Å². The van der Waals surface area contributed by atoms with Gasteiger partial charge >= 0.3 is 0 Å². The molecule has 42 heavy (non-hydrogen) atoms. The lowest BCUT2D eigenvalue weighted by Crippen LogP contribution is -2.54. The number of piperidine rings is 2. The molecule has 1 atom stereocenters. The normalized spacial score (nSPS) is 21.3. The maximum absolute atomic E-state index is 12.4. The van der Waals surface area contributed by atoms with Gasteiger partial charge in [-0.15, -0.1) is 0 Å². The monoisotopic (exact) mass is 592 g/mol. The van der Waals surface area contributed by atoms with Crippen LogP contribution in [0.25, 0.3) is 10.9 Å². The summed E-state index contributed by atoms with van der Waals surface area (Å²) in [4.78, 5) is 22.6. The van der Waals surface area contributed by atoms with Gasteiger partial charge in [-0.25, -0.2) is 0 Å². The Balaban J connectivity index is 0.991. The fraction of sp³-hybridized carbons (Fsp3) is 0.485. The summed E-state index contributed by atoms with van der Waals surface area (Å²) in [6.07, 6.45) is 7.71. The third-order valence-electron chi connectivity index (χ3n) is 9.38. The summed E-state index contributed by atoms with van der Waals surface area (Å²) in [6.45, 7) is 6.86. The van der Waals surface area contributed by atoms with Crippen molar-refractivity contribution < 1.29 is 19.7 Å². The van der Waals surface area contributed by atoms with Crippen molar-refractivity contribution in [1.29, 1.82) is 0 Å². The zero-order chi connectivity index (χ0) is 29.1. The summed E-state index contributed by atoms with van der Waals surface area (Å²) in [6, 6.07) is 13.6. The topological polar surface area (TPSA) is 92.3 Å². The number of carbonyl (C=O) groups is 1. The number of hydrogen-bond acceptors (Lipinski definition) is 7. The molecule has 8 nitrogen and oxygen atoms in total. The molecule has 0 aliphatic carbocycles. The Morgan fingerprint density at radius 1 is 1.05 bits per heavy atom. The van der Waals surface area contributed by atoms with Crippen LogP contribution in [0.3, 0.4) is 0 Å². The number of aromatic amines is 1. The Kier molecular flexibility index (Phi) is 8.88. The number of aliphatic hydroxyl groups is 2. The Labute approximate surface area is 252 Å². The Morgan fingerprint density at radius 3 is 2.48 bits per heavy atom. The van der Waals surface area contributed by atoms with Crippen molar-refractivity contribution >= 4 is 34.0 Å². The number of rotatable bonds is 8. The highest BCUT2D eigenvalue weighted by Crippen LogP contribution is 2.36. The molecule has 9 heteroatoms. The van der Waals surface area contributed by atoms with Crippen LogP contribution in [-0.4, -0.2) is 102 Å². The van der Waals surface area contributed by atoms with E-state index in [1.54, 1.807) is 36.5 Å². The van der Waals surface area contributed by atoms with Gasteiger partial charge in [0.05, 0.1) is 24.9 Å². The van der Waals surface area contributed by atoms with Crippen LogP contribution >= 0.6 is 11.6 Å². The van der Waals surface area contributed by atoms with Gasteiger partial charge in [0.2, 0.25) is 0 Å². The highest BCUT2D eigenvalue weighted by atomic mass is 35.5. The Bertz CT molecular complexity index is 1380. The van der Waals surface area contributed by atoms with E-state index in [-0.39, 0.29) is 5.78 Å². The molecule has 0 saturated carbocycles. The van der Waals surface area contributed by atoms with Gasteiger partial charge in [-0.3, -0.25) is 4.79 Å². The smallest absolute Gasteiger partial charge is 0.187 e. The van der Waals surface area contributed by atoms with Crippen LogP contribution < -0.4 is 4.90 Å². The number of aromatic nitrogens is 1. The van der Waals surface area contributed by atoms with E-state index in [0.717, 1.165) is 52.2 Å². The van der Waals surface area contributed by atoms with Gasteiger partial charge in [0, 0.05) is 78.4 Å². The average Bonchev–Trinajstić information content (AvgIpc) is 3.45. The molecule has 0 spiro atoms. The lowest BCUT2D eigenvalue weighted by Gasteiger charge is -2.43. The van der Waals surface area contributed by atoms with Crippen LogP contribution in [-0.2, 0) is 4.74 Å². The minimum Gasteiger partial charge on any atom is -0.389 e. The fourth-order valence-electron chi connectivity index (χ4n) is 6.60. The number of aliphatic hydroxyl groups excluding tert-OH is 1. The number of halogens is 1. The molecule has 0 amide bonds. The molecular weight excluding hydrogens is 552 g/mol. The number of fused-ring (bicyclic) bond motifs is 1. The number of carbonyl (C=O) groups excluding carboxylic acids is 1. The zero-order valence-electron chi connectivity index (χ0n) is 24.1. The van der Waals surface area contributed by atoms with E-state index in [0.29, 0.717) is 49.0 Å². The summed E-state index contributed by atoms with van der Waals surface area (Å²) in [7, 11) is 0. The molecule has 3 aromatic rings. The number of morpholine rings is 1. The summed E-state index contributed by atoms with van der Waals surface area (Å²) >= 11 is 5.91. The molecule has 3 fully saturated rings. The number of likely N-dealkylation sites (tertiary alicyclic amines) is 2. The molecule has 4 heterocycles. The second kappa shape index (κ2) is 12.8. The van der Waals surface area contributed by atoms with E-state index < -0.39 is 11.7 Å². The number of anilines is 1. The first-order chi connectivity index (χ1) is 20.4. The van der Waals surface area contributed by atoms with Gasteiger partial charge in [-0.05, 0) is 92.7 Å². The fourth-order valence-corrected chi connectivity index (χ4v) is 6.73. The quantitative estimate of drug-likeness (QED) is 0.263. The molecule has 2 aromatic carbocycles. The molecule has 0 radical (unpaired) electrons. The van der Waals surface area contributed by atoms with Crippen molar-refractivity contribution in [2.45, 2.75) is 43.3 Å². The molecule has 0 bridgehead atoms. The number of ketones is 1. The van der Waals surface area contributed by atoms with Gasteiger partial charge in [0.25, 0.3) is 0 Å². The second-order valence-electron chi connectivity index (χ2n) is 12.0. The third-order valence-corrected chi connectivity index (χ3v) is 9.63. The van der Waals surface area contributed by atoms with Crippen LogP contribution in [0.1, 0.15) is 47.5 Å². The third kappa shape index (κ3) is 6.53. The zero-order valence-corrected chi connectivity index (χ0v) is 24.8. The summed E-state index contributed by atoms with van der Waals surface area (Å²) in [5, 5.41) is 24.3. The lowest BCUT2D eigenvalue weighted by molar-refractivity contribution is -0.114. The maximum atomic E-state index is 12.4. The van der Waals surface area contributed by atoms with Gasteiger partial charge in [0.15, 0.2) is 5.78 Å². The van der Waals surface area contributed by atoms with Crippen LogP contribution in [0.15, 0.2) is 60.9 Å². The summed E-state index contributed by atoms with van der Waals surface area (Å²) in [5.74, 6) is 0.391. The number of allylic oxidation sites excluding steroid dienone is 1. The van der Waals surface area contributed by atoms with Gasteiger partial charge < -0.3 is 34.6 Å². The number of nitrogens with zero attached hydrogens (tertiary/aromatic N) is 3. The van der Waals surface area contributed by atoms with Crippen LogP contribution in [0.5, 0.6) is 0 Å². The molecule has 1 unspecified atom stereocenters. The number of ether oxygens (including phenoxy) is 1. The van der Waals surface area contributed by atoms with Crippen molar-refractivity contribution in [3.63, 3.8) is 0 Å². The maximum Gasteiger partial charge on any atom is 0.187 e. The molecule has 3 N–H and O–H groups in total. The molecular formula is C33H41ClN4O4. The molecule has 1 aromatic heterocycles. The Hall–Kier alpha value is -2.88. The van der Waals surface area contributed by atoms with Crippen molar-refractivity contribution in [2.75, 3.05) is 63.9 Å².